The smallest absolute Gasteiger partial charge is 0.0273 e. The van der Waals surface area contributed by atoms with Gasteiger partial charge in [-0.3, -0.25) is 0 Å². The van der Waals surface area contributed by atoms with Gasteiger partial charge in [-0.15, -0.1) is 0 Å². The highest BCUT2D eigenvalue weighted by Crippen LogP contribution is 2.22. The van der Waals surface area contributed by atoms with Crippen LogP contribution in [0.5, 0.6) is 0 Å². The normalized spacial score (nSPS) is 26.3. The number of rotatable bonds is 2. The van der Waals surface area contributed by atoms with E-state index in [0.29, 0.717) is 5.41 Å². The molecule has 1 rings (SSSR count). The molecule has 0 spiro atoms. The number of alkyl halides is 1. The van der Waals surface area contributed by atoms with E-state index >= 15 is 0 Å². The number of hydrogen-bond acceptors (Lipinski definition) is 1. The van der Waals surface area contributed by atoms with Crippen LogP contribution in [0.2, 0.25) is 0 Å². The van der Waals surface area contributed by atoms with Crippen LogP contribution in [-0.2, 0) is 0 Å². The summed E-state index contributed by atoms with van der Waals surface area (Å²) in [6.45, 7) is 10.8. The lowest BCUT2D eigenvalue weighted by Gasteiger charge is -2.32. The zero-order valence-electron chi connectivity index (χ0n) is 9.15. The maximum absolute atomic E-state index is 3.71. The van der Waals surface area contributed by atoms with Gasteiger partial charge in [0.15, 0.2) is 0 Å². The van der Waals surface area contributed by atoms with Crippen molar-refractivity contribution in [3.05, 3.63) is 0 Å². The molecule has 1 aliphatic rings. The van der Waals surface area contributed by atoms with E-state index in [0.717, 1.165) is 4.83 Å². The van der Waals surface area contributed by atoms with Gasteiger partial charge in [-0.1, -0.05) is 36.7 Å². The van der Waals surface area contributed by atoms with E-state index in [1.807, 2.05) is 0 Å². The van der Waals surface area contributed by atoms with Crippen LogP contribution in [0.15, 0.2) is 0 Å². The van der Waals surface area contributed by atoms with Crippen LogP contribution < -0.4 is 0 Å². The zero-order chi connectivity index (χ0) is 9.90. The minimum Gasteiger partial charge on any atom is -0.302 e. The molecule has 0 aromatic rings. The highest BCUT2D eigenvalue weighted by molar-refractivity contribution is 9.09. The van der Waals surface area contributed by atoms with Gasteiger partial charge >= 0.3 is 0 Å². The van der Waals surface area contributed by atoms with E-state index in [1.165, 1.54) is 38.9 Å². The fourth-order valence-corrected chi connectivity index (χ4v) is 2.43. The van der Waals surface area contributed by atoms with E-state index in [1.54, 1.807) is 0 Å². The van der Waals surface area contributed by atoms with Crippen LogP contribution in [0.3, 0.4) is 0 Å². The van der Waals surface area contributed by atoms with Crippen molar-refractivity contribution in [3.63, 3.8) is 0 Å². The highest BCUT2D eigenvalue weighted by Gasteiger charge is 2.19. The Morgan fingerprint density at radius 1 is 1.38 bits per heavy atom. The summed E-state index contributed by atoms with van der Waals surface area (Å²) in [5.74, 6) is 0. The van der Waals surface area contributed by atoms with Gasteiger partial charge < -0.3 is 4.90 Å². The molecule has 0 aliphatic carbocycles. The summed E-state index contributed by atoms with van der Waals surface area (Å²) in [7, 11) is 0. The molecule has 0 aromatic heterocycles. The van der Waals surface area contributed by atoms with Crippen molar-refractivity contribution in [2.75, 3.05) is 19.6 Å². The van der Waals surface area contributed by atoms with Crippen LogP contribution in [0.25, 0.3) is 0 Å². The van der Waals surface area contributed by atoms with Gasteiger partial charge in [0.05, 0.1) is 0 Å². The van der Waals surface area contributed by atoms with E-state index < -0.39 is 0 Å². The third-order valence-corrected chi connectivity index (χ3v) is 3.37. The van der Waals surface area contributed by atoms with Crippen molar-refractivity contribution in [3.8, 4) is 0 Å². The predicted molar refractivity (Wildman–Crippen MR) is 62.5 cm³/mol. The average Bonchev–Trinajstić information content (AvgIpc) is 2.00. The Balaban J connectivity index is 2.21. The second-order valence-electron chi connectivity index (χ2n) is 5.35. The maximum Gasteiger partial charge on any atom is 0.0273 e. The second kappa shape index (κ2) is 4.79. The Labute approximate surface area is 91.0 Å². The lowest BCUT2D eigenvalue weighted by Crippen LogP contribution is -2.37. The number of halogens is 1. The fourth-order valence-electron chi connectivity index (χ4n) is 1.70. The topological polar surface area (TPSA) is 3.24 Å². The molecule has 1 unspecified atom stereocenters. The van der Waals surface area contributed by atoms with Gasteiger partial charge in [-0.2, -0.15) is 0 Å². The molecule has 1 heterocycles. The fraction of sp³-hybridized carbons (Fsp3) is 1.00. The number of piperidine rings is 1. The molecule has 13 heavy (non-hydrogen) atoms. The molecule has 2 heteroatoms. The largest absolute Gasteiger partial charge is 0.302 e. The molecule has 1 fully saturated rings. The van der Waals surface area contributed by atoms with Crippen molar-refractivity contribution < 1.29 is 0 Å². The Bertz CT molecular complexity index is 151. The van der Waals surface area contributed by atoms with E-state index in [2.05, 4.69) is 41.6 Å². The van der Waals surface area contributed by atoms with Crippen LogP contribution in [-0.4, -0.2) is 29.4 Å². The van der Waals surface area contributed by atoms with Crippen LogP contribution in [0.1, 0.15) is 40.0 Å². The second-order valence-corrected chi connectivity index (χ2v) is 6.65. The first-order valence-electron chi connectivity index (χ1n) is 5.34. The molecule has 1 atom stereocenters. The molecule has 1 aliphatic heterocycles. The molecule has 0 aromatic carbocycles. The summed E-state index contributed by atoms with van der Waals surface area (Å²) in [5, 5.41) is 0. The molecule has 0 bridgehead atoms. The van der Waals surface area contributed by atoms with E-state index in [4.69, 9.17) is 0 Å². The molecule has 1 saturated heterocycles. The molecule has 0 amide bonds. The summed E-state index contributed by atoms with van der Waals surface area (Å²) >= 11 is 3.71. The minimum atomic E-state index is 0.485. The highest BCUT2D eigenvalue weighted by atomic mass is 79.9. The maximum atomic E-state index is 3.71. The van der Waals surface area contributed by atoms with E-state index in [-0.39, 0.29) is 0 Å². The van der Waals surface area contributed by atoms with Gasteiger partial charge in [0.25, 0.3) is 0 Å². The molecule has 0 N–H and O–H groups in total. The molecular weight excluding hydrogens is 226 g/mol. The number of hydrogen-bond donors (Lipinski definition) is 0. The first-order chi connectivity index (χ1) is 5.97. The third kappa shape index (κ3) is 5.02. The first-order valence-corrected chi connectivity index (χ1v) is 6.25. The summed E-state index contributed by atoms with van der Waals surface area (Å²) in [6.07, 6.45) is 4.03. The van der Waals surface area contributed by atoms with Crippen molar-refractivity contribution in [1.29, 1.82) is 0 Å². The predicted octanol–water partition coefficient (Wildman–Crippen LogP) is 3.28. The van der Waals surface area contributed by atoms with Gasteiger partial charge in [0.2, 0.25) is 0 Å². The van der Waals surface area contributed by atoms with Crippen LogP contribution >= 0.6 is 15.9 Å². The molecule has 1 nitrogen and oxygen atoms in total. The molecule has 78 valence electrons. The van der Waals surface area contributed by atoms with Crippen molar-refractivity contribution in [2.45, 2.75) is 44.9 Å². The quantitative estimate of drug-likeness (QED) is 0.678. The monoisotopic (exact) mass is 247 g/mol. The van der Waals surface area contributed by atoms with Gasteiger partial charge in [-0.05, 0) is 37.8 Å². The lowest BCUT2D eigenvalue weighted by molar-refractivity contribution is 0.202. The van der Waals surface area contributed by atoms with Crippen molar-refractivity contribution >= 4 is 15.9 Å². The third-order valence-electron chi connectivity index (χ3n) is 2.63. The minimum absolute atomic E-state index is 0.485. The summed E-state index contributed by atoms with van der Waals surface area (Å²) in [4.78, 5) is 3.33. The number of likely N-dealkylation sites (tertiary alicyclic amines) is 1. The summed E-state index contributed by atoms with van der Waals surface area (Å²) in [6, 6.07) is 0. The Kier molecular flexibility index (Phi) is 4.24. The standard InChI is InChI=1S/C11H22BrN/c1-11(2,3)6-8-13-7-4-5-10(12)9-13/h10H,4-9H2,1-3H3. The van der Waals surface area contributed by atoms with Crippen molar-refractivity contribution in [2.24, 2.45) is 5.41 Å². The summed E-state index contributed by atoms with van der Waals surface area (Å²) in [5.41, 5.74) is 0.485. The SMILES string of the molecule is CC(C)(C)CCN1CCCC(Br)C1. The Morgan fingerprint density at radius 2 is 2.08 bits per heavy atom. The zero-order valence-corrected chi connectivity index (χ0v) is 10.7. The van der Waals surface area contributed by atoms with Gasteiger partial charge in [0.1, 0.15) is 0 Å². The van der Waals surface area contributed by atoms with Crippen LogP contribution in [0, 0.1) is 5.41 Å². The first kappa shape index (κ1) is 11.5. The van der Waals surface area contributed by atoms with Gasteiger partial charge in [-0.25, -0.2) is 0 Å². The van der Waals surface area contributed by atoms with Crippen LogP contribution in [0.4, 0.5) is 0 Å². The number of nitrogens with zero attached hydrogens (tertiary/aromatic N) is 1. The Morgan fingerprint density at radius 3 is 2.62 bits per heavy atom. The average molecular weight is 248 g/mol. The summed E-state index contributed by atoms with van der Waals surface area (Å²) < 4.78 is 0. The Hall–Kier alpha value is 0.440. The molecule has 0 saturated carbocycles. The molecular formula is C11H22BrN. The van der Waals surface area contributed by atoms with E-state index in [9.17, 15) is 0 Å². The molecule has 0 radical (unpaired) electrons. The van der Waals surface area contributed by atoms with Crippen molar-refractivity contribution in [1.82, 2.24) is 4.90 Å². The lowest BCUT2D eigenvalue weighted by atomic mass is 9.92. The van der Waals surface area contributed by atoms with Gasteiger partial charge in [0, 0.05) is 11.4 Å².